The summed E-state index contributed by atoms with van der Waals surface area (Å²) in [6.45, 7) is 3.81. The predicted molar refractivity (Wildman–Crippen MR) is 117 cm³/mol. The Bertz CT molecular complexity index is 1080. The Labute approximate surface area is 176 Å². The number of hydrogen-bond donors (Lipinski definition) is 1. The topological polar surface area (TPSA) is 61.7 Å². The molecule has 0 bridgehead atoms. The van der Waals surface area contributed by atoms with E-state index in [2.05, 4.69) is 35.0 Å². The molecule has 0 aliphatic carbocycles. The van der Waals surface area contributed by atoms with E-state index in [0.717, 1.165) is 19.4 Å². The number of hydrogen-bond acceptors (Lipinski definition) is 4. The molecule has 4 rings (SSSR count). The monoisotopic (exact) mass is 408 g/mol. The molecule has 1 aliphatic rings. The molecule has 0 fully saturated rings. The molecule has 6 nitrogen and oxygen atoms in total. The molecule has 0 saturated carbocycles. The van der Waals surface area contributed by atoms with Crippen molar-refractivity contribution in [2.45, 2.75) is 32.7 Å². The Morgan fingerprint density at radius 2 is 1.83 bits per heavy atom. The smallest absolute Gasteiger partial charge is 0.251 e. The van der Waals surface area contributed by atoms with Crippen molar-refractivity contribution in [2.24, 2.45) is 0 Å². The maximum Gasteiger partial charge on any atom is 0.251 e. The van der Waals surface area contributed by atoms with Crippen LogP contribution in [0.4, 0.5) is 0 Å². The standard InChI is InChI=1S/C24H28N2O4/c1-15-18(19-9-5-7-16-8-6-12-26(15)22(16)19)10-11-25-24(27)17-13-20(28-2)23(30-4)21(14-17)29-3/h5,7,9,13-14H,6,8,10-12H2,1-4H3,(H,25,27). The lowest BCUT2D eigenvalue weighted by molar-refractivity contribution is 0.0953. The van der Waals surface area contributed by atoms with Gasteiger partial charge in [0.1, 0.15) is 0 Å². The Morgan fingerprint density at radius 3 is 2.50 bits per heavy atom. The van der Waals surface area contributed by atoms with Gasteiger partial charge in [0, 0.05) is 29.7 Å². The van der Waals surface area contributed by atoms with Gasteiger partial charge in [0.25, 0.3) is 5.91 Å². The first-order chi connectivity index (χ1) is 14.6. The van der Waals surface area contributed by atoms with Gasteiger partial charge in [-0.2, -0.15) is 0 Å². The van der Waals surface area contributed by atoms with Crippen molar-refractivity contribution >= 4 is 16.8 Å². The third kappa shape index (κ3) is 3.36. The molecule has 1 aromatic heterocycles. The van der Waals surface area contributed by atoms with Gasteiger partial charge in [0.2, 0.25) is 5.75 Å². The van der Waals surface area contributed by atoms with Gasteiger partial charge >= 0.3 is 0 Å². The Morgan fingerprint density at radius 1 is 1.10 bits per heavy atom. The highest BCUT2D eigenvalue weighted by atomic mass is 16.5. The number of nitrogens with zero attached hydrogens (tertiary/aromatic N) is 1. The first-order valence-corrected chi connectivity index (χ1v) is 10.3. The number of para-hydroxylation sites is 1. The molecule has 0 unspecified atom stereocenters. The highest BCUT2D eigenvalue weighted by molar-refractivity contribution is 5.95. The Kier molecular flexibility index (Phi) is 5.57. The zero-order valence-corrected chi connectivity index (χ0v) is 18.0. The number of benzene rings is 2. The highest BCUT2D eigenvalue weighted by Gasteiger charge is 2.20. The Balaban J connectivity index is 1.53. The molecule has 0 saturated heterocycles. The molecule has 1 aliphatic heterocycles. The lowest BCUT2D eigenvalue weighted by atomic mass is 10.0. The molecular formula is C24H28N2O4. The van der Waals surface area contributed by atoms with E-state index in [1.807, 2.05) is 0 Å². The van der Waals surface area contributed by atoms with Crippen LogP contribution >= 0.6 is 0 Å². The van der Waals surface area contributed by atoms with E-state index >= 15 is 0 Å². The summed E-state index contributed by atoms with van der Waals surface area (Å²) >= 11 is 0. The molecule has 0 spiro atoms. The second kappa shape index (κ2) is 8.30. The summed E-state index contributed by atoms with van der Waals surface area (Å²) in [5.41, 5.74) is 5.89. The zero-order chi connectivity index (χ0) is 21.3. The minimum absolute atomic E-state index is 0.166. The van der Waals surface area contributed by atoms with Crippen LogP contribution in [-0.2, 0) is 19.4 Å². The number of methoxy groups -OCH3 is 3. The Hall–Kier alpha value is -3.15. The zero-order valence-electron chi connectivity index (χ0n) is 18.0. The second-order valence-corrected chi connectivity index (χ2v) is 7.55. The highest BCUT2D eigenvalue weighted by Crippen LogP contribution is 2.38. The van der Waals surface area contributed by atoms with Crippen molar-refractivity contribution in [2.75, 3.05) is 27.9 Å². The van der Waals surface area contributed by atoms with Crippen LogP contribution in [-0.4, -0.2) is 38.3 Å². The molecule has 3 aromatic rings. The fourth-order valence-electron chi connectivity index (χ4n) is 4.52. The van der Waals surface area contributed by atoms with Gasteiger partial charge in [-0.05, 0) is 49.4 Å². The van der Waals surface area contributed by atoms with E-state index < -0.39 is 0 Å². The summed E-state index contributed by atoms with van der Waals surface area (Å²) in [4.78, 5) is 12.8. The lowest BCUT2D eigenvalue weighted by Crippen LogP contribution is -2.26. The average molecular weight is 408 g/mol. The van der Waals surface area contributed by atoms with Gasteiger partial charge in [-0.1, -0.05) is 18.2 Å². The predicted octanol–water partition coefficient (Wildman–Crippen LogP) is 3.89. The van der Waals surface area contributed by atoms with Crippen molar-refractivity contribution in [1.29, 1.82) is 0 Å². The van der Waals surface area contributed by atoms with E-state index in [9.17, 15) is 4.79 Å². The minimum Gasteiger partial charge on any atom is -0.493 e. The number of aromatic nitrogens is 1. The van der Waals surface area contributed by atoms with E-state index in [0.29, 0.717) is 29.4 Å². The summed E-state index contributed by atoms with van der Waals surface area (Å²) in [6.07, 6.45) is 3.10. The van der Waals surface area contributed by atoms with Gasteiger partial charge in [0.05, 0.1) is 26.8 Å². The van der Waals surface area contributed by atoms with Crippen LogP contribution in [0.5, 0.6) is 17.2 Å². The van der Waals surface area contributed by atoms with Crippen molar-refractivity contribution in [3.05, 3.63) is 52.7 Å². The first-order valence-electron chi connectivity index (χ1n) is 10.3. The molecule has 0 atom stereocenters. The average Bonchev–Trinajstić information content (AvgIpc) is 3.06. The molecule has 2 aromatic carbocycles. The molecule has 6 heteroatoms. The van der Waals surface area contributed by atoms with E-state index in [1.54, 1.807) is 33.5 Å². The molecular weight excluding hydrogens is 380 g/mol. The van der Waals surface area contributed by atoms with Crippen molar-refractivity contribution in [1.82, 2.24) is 9.88 Å². The van der Waals surface area contributed by atoms with Crippen LogP contribution in [0.25, 0.3) is 10.9 Å². The quantitative estimate of drug-likeness (QED) is 0.644. The minimum atomic E-state index is -0.166. The number of nitrogens with one attached hydrogen (secondary N) is 1. The van der Waals surface area contributed by atoms with Gasteiger partial charge < -0.3 is 24.1 Å². The molecule has 158 valence electrons. The number of ether oxygens (including phenoxy) is 3. The molecule has 1 N–H and O–H groups in total. The van der Waals surface area contributed by atoms with Crippen LogP contribution < -0.4 is 19.5 Å². The number of amides is 1. The van der Waals surface area contributed by atoms with Gasteiger partial charge in [-0.15, -0.1) is 0 Å². The van der Waals surface area contributed by atoms with Crippen LogP contribution in [0.3, 0.4) is 0 Å². The fraction of sp³-hybridized carbons (Fsp3) is 0.375. The van der Waals surface area contributed by atoms with E-state index in [1.165, 1.54) is 34.1 Å². The number of rotatable bonds is 7. The second-order valence-electron chi connectivity index (χ2n) is 7.55. The maximum atomic E-state index is 12.8. The summed E-state index contributed by atoms with van der Waals surface area (Å²) in [5.74, 6) is 1.24. The van der Waals surface area contributed by atoms with Crippen LogP contribution in [0, 0.1) is 6.92 Å². The lowest BCUT2D eigenvalue weighted by Gasteiger charge is -2.16. The number of aryl methyl sites for hydroxylation is 2. The van der Waals surface area contributed by atoms with Gasteiger partial charge in [-0.3, -0.25) is 4.79 Å². The van der Waals surface area contributed by atoms with Crippen LogP contribution in [0.15, 0.2) is 30.3 Å². The van der Waals surface area contributed by atoms with E-state index in [4.69, 9.17) is 14.2 Å². The van der Waals surface area contributed by atoms with Crippen molar-refractivity contribution in [3.8, 4) is 17.2 Å². The molecule has 30 heavy (non-hydrogen) atoms. The molecule has 2 heterocycles. The summed E-state index contributed by atoms with van der Waals surface area (Å²) < 4.78 is 18.5. The molecule has 0 radical (unpaired) electrons. The normalized spacial score (nSPS) is 12.7. The largest absolute Gasteiger partial charge is 0.493 e. The SMILES string of the molecule is COc1cc(C(=O)NCCc2c(C)n3c4c(cccc24)CCC3)cc(OC)c1OC. The third-order valence-electron chi connectivity index (χ3n) is 5.97. The van der Waals surface area contributed by atoms with Gasteiger partial charge in [0.15, 0.2) is 11.5 Å². The number of carbonyl (C=O) groups is 1. The molecule has 1 amide bonds. The first kappa shape index (κ1) is 20.1. The summed E-state index contributed by atoms with van der Waals surface area (Å²) in [7, 11) is 4.62. The maximum absolute atomic E-state index is 12.8. The van der Waals surface area contributed by atoms with Crippen LogP contribution in [0.2, 0.25) is 0 Å². The third-order valence-corrected chi connectivity index (χ3v) is 5.97. The fourth-order valence-corrected chi connectivity index (χ4v) is 4.52. The van der Waals surface area contributed by atoms with E-state index in [-0.39, 0.29) is 5.91 Å². The summed E-state index contributed by atoms with van der Waals surface area (Å²) in [5, 5.41) is 4.35. The van der Waals surface area contributed by atoms with Crippen molar-refractivity contribution < 1.29 is 19.0 Å². The van der Waals surface area contributed by atoms with Crippen molar-refractivity contribution in [3.63, 3.8) is 0 Å². The van der Waals surface area contributed by atoms with Crippen LogP contribution in [0.1, 0.15) is 33.6 Å². The number of carbonyl (C=O) groups excluding carboxylic acids is 1. The summed E-state index contributed by atoms with van der Waals surface area (Å²) in [6, 6.07) is 9.91. The van der Waals surface area contributed by atoms with Gasteiger partial charge in [-0.25, -0.2) is 0 Å².